The summed E-state index contributed by atoms with van der Waals surface area (Å²) >= 11 is 3.29. The van der Waals surface area contributed by atoms with Gasteiger partial charge in [-0.25, -0.2) is 0 Å². The van der Waals surface area contributed by atoms with Crippen molar-refractivity contribution < 1.29 is 9.53 Å². The van der Waals surface area contributed by atoms with Crippen molar-refractivity contribution in [1.29, 1.82) is 0 Å². The van der Waals surface area contributed by atoms with Crippen molar-refractivity contribution in [2.45, 2.75) is 4.21 Å². The smallest absolute Gasteiger partial charge is 0.233 e. The van der Waals surface area contributed by atoms with Gasteiger partial charge in [0.15, 0.2) is 0 Å². The number of nitrogens with zero attached hydrogens (tertiary/aromatic N) is 1. The third-order valence-electron chi connectivity index (χ3n) is 2.20. The Hall–Kier alpha value is -0.520. The second-order valence-electron chi connectivity index (χ2n) is 3.21. The SMILES string of the molecule is O=C(CSc1cccs1)N1CCOCC1. The predicted molar refractivity (Wildman–Crippen MR) is 62.4 cm³/mol. The molecule has 2 rings (SSSR count). The molecule has 1 aliphatic rings. The highest BCUT2D eigenvalue weighted by Gasteiger charge is 2.16. The van der Waals surface area contributed by atoms with Crippen LogP contribution >= 0.6 is 23.1 Å². The minimum Gasteiger partial charge on any atom is -0.378 e. The summed E-state index contributed by atoms with van der Waals surface area (Å²) in [5.41, 5.74) is 0. The van der Waals surface area contributed by atoms with Crippen LogP contribution < -0.4 is 0 Å². The van der Waals surface area contributed by atoms with Gasteiger partial charge in [0.05, 0.1) is 23.2 Å². The lowest BCUT2D eigenvalue weighted by atomic mass is 10.4. The molecule has 1 aromatic rings. The first-order valence-electron chi connectivity index (χ1n) is 4.88. The van der Waals surface area contributed by atoms with Crippen molar-refractivity contribution >= 4 is 29.0 Å². The monoisotopic (exact) mass is 243 g/mol. The molecule has 0 aliphatic carbocycles. The fourth-order valence-corrected chi connectivity index (χ4v) is 3.07. The molecule has 0 aromatic carbocycles. The maximum Gasteiger partial charge on any atom is 0.233 e. The molecule has 82 valence electrons. The number of ether oxygens (including phenoxy) is 1. The van der Waals surface area contributed by atoms with Crippen molar-refractivity contribution in [3.8, 4) is 0 Å². The zero-order valence-corrected chi connectivity index (χ0v) is 9.98. The zero-order chi connectivity index (χ0) is 10.5. The van der Waals surface area contributed by atoms with E-state index >= 15 is 0 Å². The summed E-state index contributed by atoms with van der Waals surface area (Å²) < 4.78 is 6.41. The molecule has 5 heteroatoms. The summed E-state index contributed by atoms with van der Waals surface area (Å²) in [6, 6.07) is 4.05. The summed E-state index contributed by atoms with van der Waals surface area (Å²) in [4.78, 5) is 13.6. The molecule has 0 atom stereocenters. The molecule has 0 saturated carbocycles. The molecule has 1 aromatic heterocycles. The molecular weight excluding hydrogens is 230 g/mol. The van der Waals surface area contributed by atoms with Crippen LogP contribution in [0.2, 0.25) is 0 Å². The van der Waals surface area contributed by atoms with Gasteiger partial charge in [0.25, 0.3) is 0 Å². The van der Waals surface area contributed by atoms with E-state index in [9.17, 15) is 4.79 Å². The van der Waals surface area contributed by atoms with E-state index in [1.54, 1.807) is 23.1 Å². The lowest BCUT2D eigenvalue weighted by molar-refractivity contribution is -0.132. The van der Waals surface area contributed by atoms with Crippen molar-refractivity contribution in [3.05, 3.63) is 17.5 Å². The largest absolute Gasteiger partial charge is 0.378 e. The molecule has 0 radical (unpaired) electrons. The fourth-order valence-electron chi connectivity index (χ4n) is 1.38. The fraction of sp³-hybridized carbons (Fsp3) is 0.500. The van der Waals surface area contributed by atoms with E-state index in [0.29, 0.717) is 19.0 Å². The number of carbonyl (C=O) groups excluding carboxylic acids is 1. The Kier molecular flexibility index (Phi) is 4.05. The van der Waals surface area contributed by atoms with E-state index in [-0.39, 0.29) is 5.91 Å². The van der Waals surface area contributed by atoms with Gasteiger partial charge in [0.2, 0.25) is 5.91 Å². The molecule has 0 unspecified atom stereocenters. The second-order valence-corrected chi connectivity index (χ2v) is 5.44. The van der Waals surface area contributed by atoms with Crippen LogP contribution in [0.4, 0.5) is 0 Å². The molecule has 2 heterocycles. The first kappa shape index (κ1) is 11.0. The highest BCUT2D eigenvalue weighted by atomic mass is 32.2. The minimum atomic E-state index is 0.219. The van der Waals surface area contributed by atoms with Gasteiger partial charge in [-0.15, -0.1) is 23.1 Å². The lowest BCUT2D eigenvalue weighted by Crippen LogP contribution is -2.41. The first-order valence-corrected chi connectivity index (χ1v) is 6.74. The Bertz CT molecular complexity index is 307. The standard InChI is InChI=1S/C10H13NO2S2/c12-9(11-3-5-13-6-4-11)8-15-10-2-1-7-14-10/h1-2,7H,3-6,8H2. The summed E-state index contributed by atoms with van der Waals surface area (Å²) in [6.07, 6.45) is 0. The van der Waals surface area contributed by atoms with Crippen molar-refractivity contribution in [3.63, 3.8) is 0 Å². The van der Waals surface area contributed by atoms with Crippen LogP contribution in [0.25, 0.3) is 0 Å². The molecule has 0 bridgehead atoms. The number of rotatable bonds is 3. The topological polar surface area (TPSA) is 29.5 Å². The second kappa shape index (κ2) is 5.53. The average Bonchev–Trinajstić information content (AvgIpc) is 2.80. The van der Waals surface area contributed by atoms with Gasteiger partial charge < -0.3 is 9.64 Å². The molecule has 1 amide bonds. The van der Waals surface area contributed by atoms with Crippen molar-refractivity contribution in [2.24, 2.45) is 0 Å². The maximum atomic E-state index is 11.7. The van der Waals surface area contributed by atoms with Crippen LogP contribution in [-0.4, -0.2) is 42.9 Å². The molecule has 3 nitrogen and oxygen atoms in total. The normalized spacial score (nSPS) is 16.7. The highest BCUT2D eigenvalue weighted by molar-refractivity contribution is 8.01. The molecule has 1 saturated heterocycles. The van der Waals surface area contributed by atoms with Gasteiger partial charge in [0, 0.05) is 13.1 Å². The van der Waals surface area contributed by atoms with Crippen LogP contribution in [0, 0.1) is 0 Å². The number of amides is 1. The van der Waals surface area contributed by atoms with Gasteiger partial charge in [-0.3, -0.25) is 4.79 Å². The third kappa shape index (κ3) is 3.22. The van der Waals surface area contributed by atoms with E-state index in [1.807, 2.05) is 22.4 Å². The van der Waals surface area contributed by atoms with E-state index in [4.69, 9.17) is 4.74 Å². The van der Waals surface area contributed by atoms with Crippen LogP contribution in [0.15, 0.2) is 21.7 Å². The lowest BCUT2D eigenvalue weighted by Gasteiger charge is -2.26. The third-order valence-corrected chi connectivity index (χ3v) is 4.31. The molecule has 1 fully saturated rings. The van der Waals surface area contributed by atoms with Crippen LogP contribution in [0.3, 0.4) is 0 Å². The maximum absolute atomic E-state index is 11.7. The number of thiophene rings is 1. The van der Waals surface area contributed by atoms with E-state index in [2.05, 4.69) is 0 Å². The van der Waals surface area contributed by atoms with E-state index in [1.165, 1.54) is 4.21 Å². The van der Waals surface area contributed by atoms with Gasteiger partial charge in [-0.2, -0.15) is 0 Å². The molecule has 0 N–H and O–H groups in total. The van der Waals surface area contributed by atoms with Gasteiger partial charge in [0.1, 0.15) is 0 Å². The van der Waals surface area contributed by atoms with E-state index < -0.39 is 0 Å². The number of hydrogen-bond donors (Lipinski definition) is 0. The van der Waals surface area contributed by atoms with Crippen molar-refractivity contribution in [2.75, 3.05) is 32.1 Å². The molecule has 15 heavy (non-hydrogen) atoms. The van der Waals surface area contributed by atoms with Gasteiger partial charge >= 0.3 is 0 Å². The summed E-state index contributed by atoms with van der Waals surface area (Å²) in [7, 11) is 0. The Labute approximate surface area is 97.4 Å². The van der Waals surface area contributed by atoms with Crippen LogP contribution in [-0.2, 0) is 9.53 Å². The minimum absolute atomic E-state index is 0.219. The highest BCUT2D eigenvalue weighted by Crippen LogP contribution is 2.23. The average molecular weight is 243 g/mol. The Balaban J connectivity index is 1.76. The number of thioether (sulfide) groups is 1. The zero-order valence-electron chi connectivity index (χ0n) is 8.35. The van der Waals surface area contributed by atoms with E-state index in [0.717, 1.165) is 13.1 Å². The Morgan fingerprint density at radius 2 is 2.33 bits per heavy atom. The Morgan fingerprint density at radius 3 is 3.00 bits per heavy atom. The molecule has 0 spiro atoms. The number of carbonyl (C=O) groups is 1. The van der Waals surface area contributed by atoms with Crippen LogP contribution in [0.5, 0.6) is 0 Å². The summed E-state index contributed by atoms with van der Waals surface area (Å²) in [6.45, 7) is 2.83. The number of hydrogen-bond acceptors (Lipinski definition) is 4. The van der Waals surface area contributed by atoms with Crippen molar-refractivity contribution in [1.82, 2.24) is 4.90 Å². The summed E-state index contributed by atoms with van der Waals surface area (Å²) in [5.74, 6) is 0.761. The first-order chi connectivity index (χ1) is 7.36. The van der Waals surface area contributed by atoms with Crippen LogP contribution in [0.1, 0.15) is 0 Å². The Morgan fingerprint density at radius 1 is 1.53 bits per heavy atom. The summed E-state index contributed by atoms with van der Waals surface area (Å²) in [5, 5.41) is 2.03. The molecular formula is C10H13NO2S2. The van der Waals surface area contributed by atoms with Gasteiger partial charge in [-0.05, 0) is 11.4 Å². The van der Waals surface area contributed by atoms with Gasteiger partial charge in [-0.1, -0.05) is 6.07 Å². The quantitative estimate of drug-likeness (QED) is 0.757. The predicted octanol–water partition coefficient (Wildman–Crippen LogP) is 1.70. The molecule has 1 aliphatic heterocycles. The number of morpholine rings is 1.